The first-order chi connectivity index (χ1) is 12.0. The lowest BCUT2D eigenvalue weighted by molar-refractivity contribution is 0.151. The number of aliphatic hydroxyl groups excluding tert-OH is 1. The standard InChI is InChI=1S/C21H25N3O/c1-14-5-7-19-16(10-14)17-12-23(3)9-8-20(17)24(19)13-21(25)18-6-4-15(2)11-22-18/h4-7,10-11,21,25H,8-9,12-13H2,1-3H3. The van der Waals surface area contributed by atoms with Gasteiger partial charge >= 0.3 is 0 Å². The fourth-order valence-corrected chi connectivity index (χ4v) is 3.85. The SMILES string of the molecule is Cc1ccc(C(O)Cn2c3c(c4cc(C)ccc42)CN(C)CC3)nc1. The van der Waals surface area contributed by atoms with Crippen LogP contribution in [0.15, 0.2) is 36.5 Å². The molecule has 1 aliphatic rings. The van der Waals surface area contributed by atoms with Gasteiger partial charge in [-0.05, 0) is 50.2 Å². The van der Waals surface area contributed by atoms with Crippen LogP contribution in [-0.2, 0) is 19.5 Å². The van der Waals surface area contributed by atoms with Gasteiger partial charge in [0.15, 0.2) is 0 Å². The number of pyridine rings is 1. The molecule has 1 aromatic carbocycles. The minimum Gasteiger partial charge on any atom is -0.385 e. The molecule has 1 aliphatic heterocycles. The van der Waals surface area contributed by atoms with Crippen LogP contribution in [0.2, 0.25) is 0 Å². The Hall–Kier alpha value is -2.17. The molecule has 0 bridgehead atoms. The van der Waals surface area contributed by atoms with Crippen LogP contribution in [0.25, 0.3) is 10.9 Å². The largest absolute Gasteiger partial charge is 0.385 e. The van der Waals surface area contributed by atoms with E-state index in [0.717, 1.165) is 30.8 Å². The molecule has 0 saturated carbocycles. The molecule has 4 heteroatoms. The van der Waals surface area contributed by atoms with Crippen LogP contribution in [0.1, 0.15) is 34.2 Å². The number of benzene rings is 1. The molecule has 3 heterocycles. The van der Waals surface area contributed by atoms with Crippen molar-refractivity contribution in [2.45, 2.75) is 39.5 Å². The van der Waals surface area contributed by atoms with Gasteiger partial charge in [0, 0.05) is 42.3 Å². The van der Waals surface area contributed by atoms with Crippen molar-refractivity contribution in [1.29, 1.82) is 0 Å². The molecule has 0 aliphatic carbocycles. The maximum Gasteiger partial charge on any atom is 0.114 e. The molecule has 0 radical (unpaired) electrons. The average Bonchev–Trinajstić information content (AvgIpc) is 2.88. The van der Waals surface area contributed by atoms with Crippen molar-refractivity contribution in [3.63, 3.8) is 0 Å². The first kappa shape index (κ1) is 16.3. The Kier molecular flexibility index (Phi) is 4.10. The summed E-state index contributed by atoms with van der Waals surface area (Å²) >= 11 is 0. The van der Waals surface area contributed by atoms with Crippen molar-refractivity contribution >= 4 is 10.9 Å². The van der Waals surface area contributed by atoms with E-state index in [0.29, 0.717) is 6.54 Å². The number of nitrogens with zero attached hydrogens (tertiary/aromatic N) is 3. The molecule has 1 atom stereocenters. The Labute approximate surface area is 148 Å². The van der Waals surface area contributed by atoms with Crippen LogP contribution in [0.3, 0.4) is 0 Å². The number of aromatic nitrogens is 2. The van der Waals surface area contributed by atoms with Crippen LogP contribution in [-0.4, -0.2) is 33.1 Å². The van der Waals surface area contributed by atoms with Gasteiger partial charge in [-0.3, -0.25) is 4.98 Å². The van der Waals surface area contributed by atoms with E-state index >= 15 is 0 Å². The van der Waals surface area contributed by atoms with E-state index in [4.69, 9.17) is 0 Å². The molecule has 4 rings (SSSR count). The molecule has 0 saturated heterocycles. The van der Waals surface area contributed by atoms with E-state index in [1.807, 2.05) is 25.3 Å². The molecule has 0 amide bonds. The Morgan fingerprint density at radius 1 is 1.16 bits per heavy atom. The molecular formula is C21H25N3O. The van der Waals surface area contributed by atoms with Crippen LogP contribution in [0.4, 0.5) is 0 Å². The highest BCUT2D eigenvalue weighted by Crippen LogP contribution is 2.32. The van der Waals surface area contributed by atoms with Crippen LogP contribution in [0.5, 0.6) is 0 Å². The predicted octanol–water partition coefficient (Wildman–Crippen LogP) is 3.37. The summed E-state index contributed by atoms with van der Waals surface area (Å²) in [5.74, 6) is 0. The Bertz CT molecular complexity index is 911. The molecule has 4 nitrogen and oxygen atoms in total. The number of likely N-dealkylation sites (N-methyl/N-ethyl adjacent to an activating group) is 1. The summed E-state index contributed by atoms with van der Waals surface area (Å²) in [7, 11) is 2.17. The number of aliphatic hydroxyl groups is 1. The highest BCUT2D eigenvalue weighted by Gasteiger charge is 2.24. The maximum absolute atomic E-state index is 10.8. The van der Waals surface area contributed by atoms with Crippen molar-refractivity contribution in [2.75, 3.05) is 13.6 Å². The fourth-order valence-electron chi connectivity index (χ4n) is 3.85. The zero-order valence-corrected chi connectivity index (χ0v) is 15.2. The fraction of sp³-hybridized carbons (Fsp3) is 0.381. The monoisotopic (exact) mass is 335 g/mol. The number of aryl methyl sites for hydroxylation is 2. The predicted molar refractivity (Wildman–Crippen MR) is 101 cm³/mol. The van der Waals surface area contributed by atoms with Crippen molar-refractivity contribution < 1.29 is 5.11 Å². The lowest BCUT2D eigenvalue weighted by atomic mass is 10.0. The van der Waals surface area contributed by atoms with Crippen molar-refractivity contribution in [3.8, 4) is 0 Å². The summed E-state index contributed by atoms with van der Waals surface area (Å²) in [5.41, 5.74) is 7.12. The van der Waals surface area contributed by atoms with Crippen LogP contribution in [0, 0.1) is 13.8 Å². The van der Waals surface area contributed by atoms with Crippen molar-refractivity contribution in [1.82, 2.24) is 14.5 Å². The van der Waals surface area contributed by atoms with Gasteiger partial charge in [0.05, 0.1) is 12.2 Å². The van der Waals surface area contributed by atoms with E-state index in [9.17, 15) is 5.11 Å². The second-order valence-corrected chi connectivity index (χ2v) is 7.32. The minimum absolute atomic E-state index is 0.550. The molecule has 1 N–H and O–H groups in total. The summed E-state index contributed by atoms with van der Waals surface area (Å²) < 4.78 is 2.31. The van der Waals surface area contributed by atoms with Gasteiger partial charge in [-0.1, -0.05) is 17.7 Å². The van der Waals surface area contributed by atoms with Crippen molar-refractivity contribution in [3.05, 3.63) is 64.6 Å². The first-order valence-corrected chi connectivity index (χ1v) is 8.92. The Morgan fingerprint density at radius 2 is 1.96 bits per heavy atom. The van der Waals surface area contributed by atoms with E-state index in [2.05, 4.69) is 46.6 Å². The van der Waals surface area contributed by atoms with E-state index in [1.165, 1.54) is 27.7 Å². The first-order valence-electron chi connectivity index (χ1n) is 8.92. The summed E-state index contributed by atoms with van der Waals surface area (Å²) in [6, 6.07) is 10.6. The molecule has 2 aromatic heterocycles. The zero-order chi connectivity index (χ0) is 17.6. The second-order valence-electron chi connectivity index (χ2n) is 7.32. The molecule has 1 unspecified atom stereocenters. The molecular weight excluding hydrogens is 310 g/mol. The van der Waals surface area contributed by atoms with Gasteiger partial charge in [-0.2, -0.15) is 0 Å². The summed E-state index contributed by atoms with van der Waals surface area (Å²) in [6.45, 7) is 6.73. The molecule has 25 heavy (non-hydrogen) atoms. The van der Waals surface area contributed by atoms with E-state index in [1.54, 1.807) is 0 Å². The summed E-state index contributed by atoms with van der Waals surface area (Å²) in [4.78, 5) is 6.77. The Morgan fingerprint density at radius 3 is 2.72 bits per heavy atom. The smallest absolute Gasteiger partial charge is 0.114 e. The van der Waals surface area contributed by atoms with Gasteiger partial charge in [0.25, 0.3) is 0 Å². The van der Waals surface area contributed by atoms with Gasteiger partial charge in [0.2, 0.25) is 0 Å². The number of hydrogen-bond acceptors (Lipinski definition) is 3. The van der Waals surface area contributed by atoms with Gasteiger partial charge < -0.3 is 14.6 Å². The molecule has 0 fully saturated rings. The normalized spacial score (nSPS) is 16.2. The van der Waals surface area contributed by atoms with Gasteiger partial charge in [-0.15, -0.1) is 0 Å². The third-order valence-electron chi connectivity index (χ3n) is 5.23. The minimum atomic E-state index is -0.596. The highest BCUT2D eigenvalue weighted by atomic mass is 16.3. The van der Waals surface area contributed by atoms with Gasteiger partial charge in [0.1, 0.15) is 6.10 Å². The number of hydrogen-bond donors (Lipinski definition) is 1. The van der Waals surface area contributed by atoms with Crippen LogP contribution >= 0.6 is 0 Å². The third-order valence-corrected chi connectivity index (χ3v) is 5.23. The van der Waals surface area contributed by atoms with Crippen molar-refractivity contribution in [2.24, 2.45) is 0 Å². The van der Waals surface area contributed by atoms with E-state index < -0.39 is 6.10 Å². The maximum atomic E-state index is 10.8. The van der Waals surface area contributed by atoms with Crippen LogP contribution < -0.4 is 0 Å². The third kappa shape index (κ3) is 2.96. The quantitative estimate of drug-likeness (QED) is 0.798. The molecule has 130 valence electrons. The second kappa shape index (κ2) is 6.28. The lowest BCUT2D eigenvalue weighted by Crippen LogP contribution is -2.27. The summed E-state index contributed by atoms with van der Waals surface area (Å²) in [5, 5.41) is 12.1. The average molecular weight is 335 g/mol. The zero-order valence-electron chi connectivity index (χ0n) is 15.2. The molecule has 0 spiro atoms. The number of fused-ring (bicyclic) bond motifs is 3. The molecule has 3 aromatic rings. The van der Waals surface area contributed by atoms with E-state index in [-0.39, 0.29) is 0 Å². The lowest BCUT2D eigenvalue weighted by Gasteiger charge is -2.25. The highest BCUT2D eigenvalue weighted by molar-refractivity contribution is 5.86. The number of rotatable bonds is 3. The topological polar surface area (TPSA) is 41.3 Å². The summed E-state index contributed by atoms with van der Waals surface area (Å²) in [6.07, 6.45) is 2.24. The Balaban J connectivity index is 1.77. The van der Waals surface area contributed by atoms with Gasteiger partial charge in [-0.25, -0.2) is 0 Å².